The third-order valence-electron chi connectivity index (χ3n) is 5.10. The van der Waals surface area contributed by atoms with Crippen molar-refractivity contribution in [2.75, 3.05) is 18.5 Å². The van der Waals surface area contributed by atoms with Gasteiger partial charge in [0.05, 0.1) is 15.4 Å². The molecule has 10 heteroatoms. The molecule has 0 bridgehead atoms. The Balaban J connectivity index is 1.94. The lowest BCUT2D eigenvalue weighted by Gasteiger charge is -2.33. The molecule has 2 unspecified atom stereocenters. The van der Waals surface area contributed by atoms with Crippen molar-refractivity contribution in [1.29, 1.82) is 0 Å². The number of para-hydroxylation sites is 2. The number of alkyl halides is 4. The van der Waals surface area contributed by atoms with E-state index in [0.29, 0.717) is 18.4 Å². The molecule has 0 saturated carbocycles. The van der Waals surface area contributed by atoms with Crippen molar-refractivity contribution in [3.8, 4) is 5.75 Å². The van der Waals surface area contributed by atoms with Gasteiger partial charge >= 0.3 is 12.4 Å². The molecular formula is C21H21F3IN3O3. The zero-order chi connectivity index (χ0) is 22.8. The minimum absolute atomic E-state index is 0.0686. The molecule has 1 aliphatic rings. The monoisotopic (exact) mass is 547 g/mol. The Bertz CT molecular complexity index is 970. The van der Waals surface area contributed by atoms with Crippen LogP contribution in [0.2, 0.25) is 0 Å². The van der Waals surface area contributed by atoms with Gasteiger partial charge in [-0.1, -0.05) is 46.9 Å². The zero-order valence-corrected chi connectivity index (χ0v) is 18.8. The predicted molar refractivity (Wildman–Crippen MR) is 119 cm³/mol. The van der Waals surface area contributed by atoms with E-state index in [-0.39, 0.29) is 27.1 Å². The number of piperidine rings is 1. The Morgan fingerprint density at radius 1 is 1.19 bits per heavy atom. The molecule has 31 heavy (non-hydrogen) atoms. The number of benzene rings is 2. The highest BCUT2D eigenvalue weighted by molar-refractivity contribution is 14.1. The van der Waals surface area contributed by atoms with E-state index in [1.807, 2.05) is 7.05 Å². The number of ketones is 1. The zero-order valence-electron chi connectivity index (χ0n) is 16.6. The second kappa shape index (κ2) is 9.43. The maximum atomic E-state index is 13.1. The number of amides is 2. The second-order valence-corrected chi connectivity index (χ2v) is 8.68. The third kappa shape index (κ3) is 5.67. The van der Waals surface area contributed by atoms with Gasteiger partial charge in [-0.15, -0.1) is 13.2 Å². The summed E-state index contributed by atoms with van der Waals surface area (Å²) < 4.78 is 42.7. The molecule has 1 aliphatic heterocycles. The SMILES string of the molecule is CN1CCC(C(=O)c2cccc(N(C(N)=O)c3ccccc3OC(F)(F)F)c2)CC1I. The normalized spacial score (nSPS) is 19.6. The molecule has 1 saturated heterocycles. The topological polar surface area (TPSA) is 75.9 Å². The first-order chi connectivity index (χ1) is 14.6. The van der Waals surface area contributed by atoms with E-state index in [4.69, 9.17) is 5.73 Å². The van der Waals surface area contributed by atoms with Crippen LogP contribution in [-0.4, -0.2) is 40.7 Å². The van der Waals surface area contributed by atoms with Crippen molar-refractivity contribution in [2.24, 2.45) is 11.7 Å². The lowest BCUT2D eigenvalue weighted by atomic mass is 9.89. The number of likely N-dealkylation sites (tertiary alicyclic amines) is 1. The van der Waals surface area contributed by atoms with Gasteiger partial charge in [0.15, 0.2) is 11.5 Å². The van der Waals surface area contributed by atoms with Crippen LogP contribution >= 0.6 is 22.6 Å². The number of rotatable bonds is 5. The number of halogens is 4. The maximum absolute atomic E-state index is 13.1. The molecule has 1 fully saturated rings. The number of anilines is 2. The van der Waals surface area contributed by atoms with Crippen molar-refractivity contribution in [3.05, 3.63) is 54.1 Å². The molecule has 0 radical (unpaired) electrons. The van der Waals surface area contributed by atoms with Crippen LogP contribution in [0.25, 0.3) is 0 Å². The Morgan fingerprint density at radius 3 is 2.55 bits per heavy atom. The molecule has 2 N–H and O–H groups in total. The molecule has 166 valence electrons. The van der Waals surface area contributed by atoms with Gasteiger partial charge in [0.25, 0.3) is 0 Å². The molecule has 2 amide bonds. The molecule has 0 aromatic heterocycles. The summed E-state index contributed by atoms with van der Waals surface area (Å²) in [6.07, 6.45) is -3.54. The average molecular weight is 547 g/mol. The highest BCUT2D eigenvalue weighted by atomic mass is 127. The van der Waals surface area contributed by atoms with E-state index in [2.05, 4.69) is 32.2 Å². The van der Waals surface area contributed by atoms with E-state index >= 15 is 0 Å². The van der Waals surface area contributed by atoms with Crippen molar-refractivity contribution in [2.45, 2.75) is 23.3 Å². The van der Waals surface area contributed by atoms with Gasteiger partial charge in [-0.25, -0.2) is 4.79 Å². The van der Waals surface area contributed by atoms with Gasteiger partial charge in [-0.05, 0) is 50.7 Å². The lowest BCUT2D eigenvalue weighted by Crippen LogP contribution is -2.38. The quantitative estimate of drug-likeness (QED) is 0.245. The Morgan fingerprint density at radius 2 is 1.90 bits per heavy atom. The summed E-state index contributed by atoms with van der Waals surface area (Å²) in [4.78, 5) is 28.3. The molecule has 2 aromatic rings. The van der Waals surface area contributed by atoms with Crippen LogP contribution < -0.4 is 15.4 Å². The van der Waals surface area contributed by atoms with E-state index < -0.39 is 18.1 Å². The number of nitrogens with two attached hydrogens (primary N) is 1. The molecule has 0 aliphatic carbocycles. The Kier molecular flexibility index (Phi) is 7.10. The summed E-state index contributed by atoms with van der Waals surface area (Å²) in [5.74, 6) is -0.814. The highest BCUT2D eigenvalue weighted by Crippen LogP contribution is 2.37. The summed E-state index contributed by atoms with van der Waals surface area (Å²) in [7, 11) is 2.00. The van der Waals surface area contributed by atoms with E-state index in [1.54, 1.807) is 12.1 Å². The Labute approximate surface area is 191 Å². The molecule has 1 heterocycles. The second-order valence-electron chi connectivity index (χ2n) is 7.24. The summed E-state index contributed by atoms with van der Waals surface area (Å²) in [6.45, 7) is 0.791. The van der Waals surface area contributed by atoms with Gasteiger partial charge in [0, 0.05) is 11.5 Å². The lowest BCUT2D eigenvalue weighted by molar-refractivity contribution is -0.274. The number of hydrogen-bond acceptors (Lipinski definition) is 4. The van der Waals surface area contributed by atoms with E-state index in [9.17, 15) is 22.8 Å². The number of carbonyl (C=O) groups is 2. The summed E-state index contributed by atoms with van der Waals surface area (Å²) in [5.41, 5.74) is 5.87. The number of carbonyl (C=O) groups excluding carboxylic acids is 2. The van der Waals surface area contributed by atoms with Crippen molar-refractivity contribution >= 4 is 45.8 Å². The maximum Gasteiger partial charge on any atom is 0.573 e. The number of nitrogens with zero attached hydrogens (tertiary/aromatic N) is 2. The van der Waals surface area contributed by atoms with Crippen LogP contribution in [0.15, 0.2) is 48.5 Å². The average Bonchev–Trinajstić information content (AvgIpc) is 2.70. The molecule has 2 atom stereocenters. The third-order valence-corrected chi connectivity index (χ3v) is 6.56. The molecule has 2 aromatic carbocycles. The number of hydrogen-bond donors (Lipinski definition) is 1. The van der Waals surface area contributed by atoms with Crippen LogP contribution in [0.5, 0.6) is 5.75 Å². The van der Waals surface area contributed by atoms with Crippen molar-refractivity contribution < 1.29 is 27.5 Å². The van der Waals surface area contributed by atoms with Crippen molar-refractivity contribution in [3.63, 3.8) is 0 Å². The van der Waals surface area contributed by atoms with Crippen LogP contribution in [0.3, 0.4) is 0 Å². The first kappa shape index (κ1) is 23.3. The minimum Gasteiger partial charge on any atom is -0.404 e. The fraction of sp³-hybridized carbons (Fsp3) is 0.333. The first-order valence-corrected chi connectivity index (χ1v) is 10.7. The first-order valence-electron chi connectivity index (χ1n) is 9.49. The Hall–Kier alpha value is -2.34. The summed E-state index contributed by atoms with van der Waals surface area (Å²) in [6, 6.07) is 10.4. The number of urea groups is 1. The minimum atomic E-state index is -4.94. The summed E-state index contributed by atoms with van der Waals surface area (Å²) >= 11 is 2.30. The summed E-state index contributed by atoms with van der Waals surface area (Å²) in [5, 5.41) is 0. The fourth-order valence-electron chi connectivity index (χ4n) is 3.54. The van der Waals surface area contributed by atoms with Crippen LogP contribution in [0.4, 0.5) is 29.3 Å². The van der Waals surface area contributed by atoms with Gasteiger partial charge in [0.1, 0.15) is 0 Å². The molecule has 3 rings (SSSR count). The van der Waals surface area contributed by atoms with Crippen LogP contribution in [0, 0.1) is 5.92 Å². The molecule has 0 spiro atoms. The van der Waals surface area contributed by atoms with E-state index in [1.165, 1.54) is 30.3 Å². The van der Waals surface area contributed by atoms with Gasteiger partial charge in [-0.3, -0.25) is 14.6 Å². The van der Waals surface area contributed by atoms with Gasteiger partial charge in [0.2, 0.25) is 0 Å². The smallest absolute Gasteiger partial charge is 0.404 e. The number of ether oxygens (including phenoxy) is 1. The van der Waals surface area contributed by atoms with Gasteiger partial charge < -0.3 is 10.5 Å². The standard InChI is InChI=1S/C21H21F3IN3O3/c1-27-10-9-14(12-18(27)25)19(29)13-5-4-6-15(11-13)28(20(26)30)16-7-2-3-8-17(16)31-21(22,23)24/h2-8,11,14,18H,9-10,12H2,1H3,(H2,26,30). The largest absolute Gasteiger partial charge is 0.573 e. The number of primary amides is 1. The fourth-order valence-corrected chi connectivity index (χ4v) is 4.43. The van der Waals surface area contributed by atoms with Crippen LogP contribution in [0.1, 0.15) is 23.2 Å². The highest BCUT2D eigenvalue weighted by Gasteiger charge is 2.34. The van der Waals surface area contributed by atoms with Crippen LogP contribution in [-0.2, 0) is 0 Å². The number of Topliss-reactive ketones (excluding diaryl/α,β-unsaturated/α-hetero) is 1. The van der Waals surface area contributed by atoms with Gasteiger partial charge in [-0.2, -0.15) is 0 Å². The predicted octanol–water partition coefficient (Wildman–Crippen LogP) is 5.09. The molecule has 6 nitrogen and oxygen atoms in total. The van der Waals surface area contributed by atoms with E-state index in [0.717, 1.165) is 17.5 Å². The molecular weight excluding hydrogens is 526 g/mol. The van der Waals surface area contributed by atoms with Crippen molar-refractivity contribution in [1.82, 2.24) is 4.90 Å².